The second-order valence-corrected chi connectivity index (χ2v) is 5.34. The van der Waals surface area contributed by atoms with Crippen molar-refractivity contribution in [3.05, 3.63) is 0 Å². The molecule has 0 aliphatic heterocycles. The molecule has 1 unspecified atom stereocenters. The standard InChI is InChI=1S/C13H24BNO.C2H6/c1-3-11(8-9-14(2)10-15)12-4-6-13(16)7-5-12;1-2/h11-13,16H,3-9H2,1-2H3;1-2H3. The van der Waals surface area contributed by atoms with Crippen LogP contribution in [0.1, 0.15) is 59.3 Å². The minimum Gasteiger partial charge on any atom is -0.393 e. The average Bonchev–Trinajstić information content (AvgIpc) is 2.43. The number of aliphatic hydroxyl groups is 1. The van der Waals surface area contributed by atoms with Crippen LogP contribution in [0.5, 0.6) is 0 Å². The zero-order chi connectivity index (χ0) is 14.0. The highest BCUT2D eigenvalue weighted by Crippen LogP contribution is 2.34. The topological polar surface area (TPSA) is 44.0 Å². The Balaban J connectivity index is 0.00000137. The Labute approximate surface area is 114 Å². The van der Waals surface area contributed by atoms with Gasteiger partial charge in [0.25, 0.3) is 6.71 Å². The number of nitrogens with zero attached hydrogens (tertiary/aromatic N) is 1. The average molecular weight is 251 g/mol. The van der Waals surface area contributed by atoms with Crippen molar-refractivity contribution in [2.75, 3.05) is 0 Å². The molecule has 1 saturated carbocycles. The van der Waals surface area contributed by atoms with Gasteiger partial charge in [0.05, 0.1) is 6.10 Å². The van der Waals surface area contributed by atoms with Gasteiger partial charge in [0, 0.05) is 5.97 Å². The summed E-state index contributed by atoms with van der Waals surface area (Å²) in [6.45, 7) is 8.47. The highest BCUT2D eigenvalue weighted by Gasteiger charge is 2.26. The third-order valence-corrected chi connectivity index (χ3v) is 4.12. The lowest BCUT2D eigenvalue weighted by molar-refractivity contribution is 0.0890. The van der Waals surface area contributed by atoms with Gasteiger partial charge in [-0.3, -0.25) is 0 Å². The highest BCUT2D eigenvalue weighted by atomic mass is 16.3. The lowest BCUT2D eigenvalue weighted by atomic mass is 9.50. The van der Waals surface area contributed by atoms with Gasteiger partial charge >= 0.3 is 0 Å². The Morgan fingerprint density at radius 3 is 2.28 bits per heavy atom. The van der Waals surface area contributed by atoms with Crippen LogP contribution >= 0.6 is 0 Å². The molecule has 0 bridgehead atoms. The van der Waals surface area contributed by atoms with Gasteiger partial charge in [-0.1, -0.05) is 46.8 Å². The molecular weight excluding hydrogens is 221 g/mol. The highest BCUT2D eigenvalue weighted by molar-refractivity contribution is 6.65. The van der Waals surface area contributed by atoms with Crippen molar-refractivity contribution < 1.29 is 5.11 Å². The van der Waals surface area contributed by atoms with Gasteiger partial charge in [0.2, 0.25) is 0 Å². The van der Waals surface area contributed by atoms with Gasteiger partial charge in [-0.05, 0) is 37.5 Å². The van der Waals surface area contributed by atoms with Crippen LogP contribution in [0.3, 0.4) is 0 Å². The molecule has 1 rings (SSSR count). The Kier molecular flexibility index (Phi) is 10.2. The van der Waals surface area contributed by atoms with E-state index < -0.39 is 0 Å². The molecule has 0 amide bonds. The van der Waals surface area contributed by atoms with Crippen LogP contribution in [0.15, 0.2) is 0 Å². The third-order valence-electron chi connectivity index (χ3n) is 4.12. The number of nitriles is 1. The summed E-state index contributed by atoms with van der Waals surface area (Å²) >= 11 is 0. The van der Waals surface area contributed by atoms with Crippen molar-refractivity contribution in [1.29, 1.82) is 5.26 Å². The van der Waals surface area contributed by atoms with E-state index in [1.54, 1.807) is 0 Å². The Hall–Kier alpha value is -0.485. The summed E-state index contributed by atoms with van der Waals surface area (Å²) in [4.78, 5) is 0. The van der Waals surface area contributed by atoms with Gasteiger partial charge < -0.3 is 5.11 Å². The van der Waals surface area contributed by atoms with E-state index in [1.807, 2.05) is 20.7 Å². The van der Waals surface area contributed by atoms with Gasteiger partial charge in [0.1, 0.15) is 0 Å². The second kappa shape index (κ2) is 10.4. The zero-order valence-electron chi connectivity index (χ0n) is 12.7. The van der Waals surface area contributed by atoms with E-state index in [9.17, 15) is 5.11 Å². The summed E-state index contributed by atoms with van der Waals surface area (Å²) in [7, 11) is 0. The molecule has 104 valence electrons. The maximum Gasteiger partial charge on any atom is 0.264 e. The molecule has 0 heterocycles. The van der Waals surface area contributed by atoms with Crippen molar-refractivity contribution in [3.8, 4) is 5.97 Å². The number of hydrogen-bond acceptors (Lipinski definition) is 2. The number of hydrogen-bond donors (Lipinski definition) is 1. The third kappa shape index (κ3) is 6.45. The smallest absolute Gasteiger partial charge is 0.264 e. The van der Waals surface area contributed by atoms with E-state index in [-0.39, 0.29) is 12.8 Å². The van der Waals surface area contributed by atoms with E-state index in [2.05, 4.69) is 12.9 Å². The number of rotatable bonds is 5. The lowest BCUT2D eigenvalue weighted by Gasteiger charge is -2.31. The van der Waals surface area contributed by atoms with Crippen LogP contribution in [0.2, 0.25) is 13.1 Å². The van der Waals surface area contributed by atoms with Crippen molar-refractivity contribution in [2.45, 2.75) is 78.5 Å². The molecule has 0 radical (unpaired) electrons. The van der Waals surface area contributed by atoms with Crippen molar-refractivity contribution >= 4 is 6.71 Å². The summed E-state index contributed by atoms with van der Waals surface area (Å²) in [5, 5.41) is 18.3. The fourth-order valence-corrected chi connectivity index (χ4v) is 2.87. The molecule has 0 aromatic carbocycles. The minimum atomic E-state index is -0.0493. The van der Waals surface area contributed by atoms with Gasteiger partial charge in [-0.2, -0.15) is 0 Å². The molecule has 0 aromatic rings. The first-order valence-electron chi connectivity index (χ1n) is 7.75. The maximum absolute atomic E-state index is 9.49. The second-order valence-electron chi connectivity index (χ2n) is 5.34. The van der Waals surface area contributed by atoms with Crippen LogP contribution in [0.4, 0.5) is 0 Å². The molecule has 1 aliphatic carbocycles. The SMILES string of the molecule is CC.CCC(CCB(C)C#N)C1CCC(O)CC1. The fraction of sp³-hybridized carbons (Fsp3) is 0.933. The molecule has 1 fully saturated rings. The van der Waals surface area contributed by atoms with Crippen molar-refractivity contribution in [1.82, 2.24) is 0 Å². The Bertz CT molecular complexity index is 231. The minimum absolute atomic E-state index is 0.0493. The molecule has 1 aliphatic rings. The first-order valence-corrected chi connectivity index (χ1v) is 7.75. The van der Waals surface area contributed by atoms with Crippen LogP contribution < -0.4 is 0 Å². The molecule has 2 nitrogen and oxygen atoms in total. The van der Waals surface area contributed by atoms with Gasteiger partial charge in [-0.15, -0.1) is 0 Å². The number of aliphatic hydroxyl groups excluding tert-OH is 1. The predicted octanol–water partition coefficient (Wildman–Crippen LogP) is 4.17. The lowest BCUT2D eigenvalue weighted by Crippen LogP contribution is -2.24. The van der Waals surface area contributed by atoms with E-state index in [0.29, 0.717) is 0 Å². The largest absolute Gasteiger partial charge is 0.393 e. The van der Waals surface area contributed by atoms with Crippen molar-refractivity contribution in [3.63, 3.8) is 0 Å². The first-order chi connectivity index (χ1) is 8.67. The summed E-state index contributed by atoms with van der Waals surface area (Å²) in [6, 6.07) is 0. The monoisotopic (exact) mass is 251 g/mol. The van der Waals surface area contributed by atoms with Crippen LogP contribution in [0, 0.1) is 23.1 Å². The normalized spacial score (nSPS) is 24.4. The van der Waals surface area contributed by atoms with E-state index in [4.69, 9.17) is 5.26 Å². The quantitative estimate of drug-likeness (QED) is 0.745. The van der Waals surface area contributed by atoms with Crippen LogP contribution in [-0.2, 0) is 0 Å². The maximum atomic E-state index is 9.49. The van der Waals surface area contributed by atoms with Crippen molar-refractivity contribution in [2.24, 2.45) is 11.8 Å². The summed E-state index contributed by atoms with van der Waals surface area (Å²) in [6.07, 6.45) is 7.72. The molecule has 3 heteroatoms. The molecule has 0 saturated heterocycles. The van der Waals surface area contributed by atoms with Gasteiger partial charge in [0.15, 0.2) is 0 Å². The fourth-order valence-electron chi connectivity index (χ4n) is 2.87. The molecular formula is C15H30BNO. The van der Waals surface area contributed by atoms with E-state index >= 15 is 0 Å². The van der Waals surface area contributed by atoms with E-state index in [0.717, 1.165) is 31.0 Å². The van der Waals surface area contributed by atoms with Crippen LogP contribution in [-0.4, -0.2) is 17.9 Å². The van der Waals surface area contributed by atoms with E-state index in [1.165, 1.54) is 25.7 Å². The molecule has 18 heavy (non-hydrogen) atoms. The zero-order valence-corrected chi connectivity index (χ0v) is 12.7. The molecule has 1 N–H and O–H groups in total. The Morgan fingerprint density at radius 1 is 1.28 bits per heavy atom. The summed E-state index contributed by atoms with van der Waals surface area (Å²) < 4.78 is 0. The van der Waals surface area contributed by atoms with Gasteiger partial charge in [-0.25, -0.2) is 5.26 Å². The summed E-state index contributed by atoms with van der Waals surface area (Å²) in [5.41, 5.74) is 0. The summed E-state index contributed by atoms with van der Waals surface area (Å²) in [5.74, 6) is 3.87. The predicted molar refractivity (Wildman–Crippen MR) is 79.7 cm³/mol. The molecule has 1 atom stereocenters. The molecule has 0 aromatic heterocycles. The molecule has 0 spiro atoms. The Morgan fingerprint density at radius 2 is 1.83 bits per heavy atom. The van der Waals surface area contributed by atoms with Crippen LogP contribution in [0.25, 0.3) is 0 Å². The first kappa shape index (κ1) is 17.5.